The van der Waals surface area contributed by atoms with Crippen molar-refractivity contribution in [3.05, 3.63) is 0 Å². The van der Waals surface area contributed by atoms with Gasteiger partial charge in [0.2, 0.25) is 0 Å². The fourth-order valence-corrected chi connectivity index (χ4v) is 7.35. The molecule has 7 fully saturated rings. The summed E-state index contributed by atoms with van der Waals surface area (Å²) in [5.74, 6) is 3.53. The molecule has 2 saturated heterocycles. The quantitative estimate of drug-likeness (QED) is 0.842. The molecule has 26 heavy (non-hydrogen) atoms. The Kier molecular flexibility index (Phi) is 3.63. The Labute approximate surface area is 156 Å². The highest BCUT2D eigenvalue weighted by Gasteiger charge is 2.52. The van der Waals surface area contributed by atoms with Gasteiger partial charge in [0.25, 0.3) is 0 Å². The van der Waals surface area contributed by atoms with Crippen LogP contribution in [0.15, 0.2) is 0 Å². The van der Waals surface area contributed by atoms with Crippen LogP contribution in [0.5, 0.6) is 0 Å². The van der Waals surface area contributed by atoms with Gasteiger partial charge in [0.05, 0.1) is 25.3 Å². The Morgan fingerprint density at radius 2 is 1.73 bits per heavy atom. The van der Waals surface area contributed by atoms with Crippen molar-refractivity contribution in [1.29, 1.82) is 0 Å². The Bertz CT molecular complexity index is 555. The fourth-order valence-electron chi connectivity index (χ4n) is 7.35. The van der Waals surface area contributed by atoms with Gasteiger partial charge < -0.3 is 15.0 Å². The molecule has 0 spiro atoms. The van der Waals surface area contributed by atoms with E-state index in [0.29, 0.717) is 6.04 Å². The molecule has 2 atom stereocenters. The van der Waals surface area contributed by atoms with Gasteiger partial charge >= 0.3 is 6.03 Å². The predicted octanol–water partition coefficient (Wildman–Crippen LogP) is 2.46. The number of morpholine rings is 1. The van der Waals surface area contributed by atoms with E-state index in [4.69, 9.17) is 4.74 Å². The van der Waals surface area contributed by atoms with E-state index >= 15 is 0 Å². The number of fused-ring (bicyclic) bond motifs is 1. The molecular weight excluding hydrogens is 326 g/mol. The zero-order chi connectivity index (χ0) is 17.3. The van der Waals surface area contributed by atoms with Gasteiger partial charge in [0, 0.05) is 25.2 Å². The average molecular weight is 360 g/mol. The largest absolute Gasteiger partial charge is 0.373 e. The van der Waals surface area contributed by atoms with Crippen LogP contribution >= 0.6 is 0 Å². The number of ether oxygens (including phenoxy) is 1. The first-order valence-corrected chi connectivity index (χ1v) is 11.1. The number of likely N-dealkylation sites (tertiary alicyclic amines) is 1. The molecule has 0 aromatic carbocycles. The summed E-state index contributed by atoms with van der Waals surface area (Å²) in [5.41, 5.74) is 0.119. The third-order valence-electron chi connectivity index (χ3n) is 8.30. The van der Waals surface area contributed by atoms with Gasteiger partial charge in [-0.25, -0.2) is 4.79 Å². The van der Waals surface area contributed by atoms with E-state index in [2.05, 4.69) is 15.1 Å². The second-order valence-electron chi connectivity index (χ2n) is 10.4. The molecule has 2 aliphatic heterocycles. The molecule has 0 radical (unpaired) electrons. The lowest BCUT2D eigenvalue weighted by Crippen LogP contribution is -2.61. The minimum Gasteiger partial charge on any atom is -0.373 e. The highest BCUT2D eigenvalue weighted by atomic mass is 16.5. The highest BCUT2D eigenvalue weighted by Crippen LogP contribution is 2.55. The minimum atomic E-state index is 0.119. The lowest BCUT2D eigenvalue weighted by Gasteiger charge is -2.57. The summed E-state index contributed by atoms with van der Waals surface area (Å²) in [6.45, 7) is 4.73. The van der Waals surface area contributed by atoms with Gasteiger partial charge in [0.1, 0.15) is 0 Å². The summed E-state index contributed by atoms with van der Waals surface area (Å²) in [7, 11) is 0. The van der Waals surface area contributed by atoms with Crippen molar-refractivity contribution in [3.63, 3.8) is 0 Å². The van der Waals surface area contributed by atoms with Crippen LogP contribution in [-0.2, 0) is 4.74 Å². The zero-order valence-corrected chi connectivity index (χ0v) is 15.9. The highest BCUT2D eigenvalue weighted by molar-refractivity contribution is 5.75. The number of hydrogen-bond acceptors (Lipinski definition) is 3. The Morgan fingerprint density at radius 3 is 2.38 bits per heavy atom. The van der Waals surface area contributed by atoms with Gasteiger partial charge in [-0.3, -0.25) is 4.90 Å². The van der Waals surface area contributed by atoms with Crippen molar-refractivity contribution < 1.29 is 9.53 Å². The number of nitrogens with zero attached hydrogens (tertiary/aromatic N) is 2. The number of carbonyl (C=O) groups is 1. The molecule has 4 bridgehead atoms. The maximum atomic E-state index is 13.2. The number of rotatable bonds is 3. The topological polar surface area (TPSA) is 44.8 Å². The molecule has 5 aliphatic carbocycles. The Morgan fingerprint density at radius 1 is 1.04 bits per heavy atom. The van der Waals surface area contributed by atoms with E-state index in [9.17, 15) is 4.79 Å². The lowest BCUT2D eigenvalue weighted by atomic mass is 9.53. The molecule has 2 heterocycles. The van der Waals surface area contributed by atoms with Crippen LogP contribution < -0.4 is 5.32 Å². The number of carbonyl (C=O) groups excluding carboxylic acids is 1. The van der Waals surface area contributed by atoms with Crippen LogP contribution in [0.25, 0.3) is 0 Å². The van der Waals surface area contributed by atoms with Crippen LogP contribution in [0.2, 0.25) is 0 Å². The maximum absolute atomic E-state index is 13.2. The molecule has 1 N–H and O–H groups in total. The average Bonchev–Trinajstić information content (AvgIpc) is 3.28. The molecule has 7 aliphatic rings. The summed E-state index contributed by atoms with van der Waals surface area (Å²) in [6, 6.07) is 0.614. The van der Waals surface area contributed by atoms with Crippen LogP contribution in [0.4, 0.5) is 4.79 Å². The van der Waals surface area contributed by atoms with E-state index in [1.54, 1.807) is 0 Å². The first-order chi connectivity index (χ1) is 12.7. The van der Waals surface area contributed by atoms with E-state index in [0.717, 1.165) is 49.9 Å². The first kappa shape index (κ1) is 16.2. The summed E-state index contributed by atoms with van der Waals surface area (Å²) in [4.78, 5) is 17.8. The number of amides is 2. The van der Waals surface area contributed by atoms with Crippen LogP contribution in [0.1, 0.15) is 51.4 Å². The second-order valence-corrected chi connectivity index (χ2v) is 10.4. The standard InChI is InChI=1S/C21H33N3O2/c25-20(22-21-8-15-5-16(9-21)7-17(6-15)10-21)24-12-18-19(13-24)26-4-3-23(18)11-14-1-2-14/h14-19H,1-13H2,(H,22,25)/t15?,16?,17?,18-,19-,21?/m0/s1. The van der Waals surface area contributed by atoms with Crippen molar-refractivity contribution >= 4 is 6.03 Å². The summed E-state index contributed by atoms with van der Waals surface area (Å²) < 4.78 is 6.04. The first-order valence-electron chi connectivity index (χ1n) is 11.1. The molecule has 7 rings (SSSR count). The van der Waals surface area contributed by atoms with Crippen molar-refractivity contribution in [2.24, 2.45) is 23.7 Å². The van der Waals surface area contributed by atoms with Crippen molar-refractivity contribution in [3.8, 4) is 0 Å². The van der Waals surface area contributed by atoms with Crippen molar-refractivity contribution in [2.45, 2.75) is 69.1 Å². The molecule has 144 valence electrons. The van der Waals surface area contributed by atoms with E-state index in [1.807, 2.05) is 0 Å². The van der Waals surface area contributed by atoms with Crippen molar-refractivity contribution in [1.82, 2.24) is 15.1 Å². The summed E-state index contributed by atoms with van der Waals surface area (Å²) >= 11 is 0. The number of nitrogens with one attached hydrogen (secondary N) is 1. The normalized spacial score (nSPS) is 47.2. The van der Waals surface area contributed by atoms with Crippen LogP contribution in [0.3, 0.4) is 0 Å². The third-order valence-corrected chi connectivity index (χ3v) is 8.30. The lowest BCUT2D eigenvalue weighted by molar-refractivity contribution is -0.0484. The second kappa shape index (κ2) is 5.84. The van der Waals surface area contributed by atoms with Gasteiger partial charge in [0.15, 0.2) is 0 Å². The van der Waals surface area contributed by atoms with E-state index < -0.39 is 0 Å². The molecule has 5 heteroatoms. The van der Waals surface area contributed by atoms with Crippen LogP contribution in [-0.4, -0.2) is 66.3 Å². The van der Waals surface area contributed by atoms with E-state index in [-0.39, 0.29) is 17.7 Å². The molecule has 5 nitrogen and oxygen atoms in total. The van der Waals surface area contributed by atoms with Gasteiger partial charge in [-0.1, -0.05) is 0 Å². The molecule has 0 aromatic rings. The SMILES string of the molecule is O=C(NC12CC3CC(CC(C3)C1)C2)N1C[C@@H]2OCCN(CC3CC3)[C@H]2C1. The monoisotopic (exact) mass is 359 g/mol. The van der Waals surface area contributed by atoms with Gasteiger partial charge in [-0.2, -0.15) is 0 Å². The Hall–Kier alpha value is -0.810. The maximum Gasteiger partial charge on any atom is 0.317 e. The summed E-state index contributed by atoms with van der Waals surface area (Å²) in [6.07, 6.45) is 11.0. The third kappa shape index (κ3) is 2.77. The zero-order valence-electron chi connectivity index (χ0n) is 15.9. The molecule has 0 aromatic heterocycles. The minimum absolute atomic E-state index is 0.119. The molecule has 5 saturated carbocycles. The predicted molar refractivity (Wildman–Crippen MR) is 98.8 cm³/mol. The van der Waals surface area contributed by atoms with Crippen molar-refractivity contribution in [2.75, 3.05) is 32.8 Å². The summed E-state index contributed by atoms with van der Waals surface area (Å²) in [5, 5.41) is 3.56. The smallest absolute Gasteiger partial charge is 0.317 e. The Balaban J connectivity index is 1.12. The van der Waals surface area contributed by atoms with Gasteiger partial charge in [-0.15, -0.1) is 0 Å². The fraction of sp³-hybridized carbons (Fsp3) is 0.952. The van der Waals surface area contributed by atoms with Gasteiger partial charge in [-0.05, 0) is 75.0 Å². The molecular formula is C21H33N3O2. The molecule has 2 amide bonds. The number of hydrogen-bond donors (Lipinski definition) is 1. The molecule has 0 unspecified atom stereocenters. The van der Waals surface area contributed by atoms with E-state index in [1.165, 1.54) is 57.9 Å². The number of urea groups is 1. The van der Waals surface area contributed by atoms with Crippen LogP contribution in [0, 0.1) is 23.7 Å².